The van der Waals surface area contributed by atoms with Crippen LogP contribution >= 0.6 is 15.9 Å². The van der Waals surface area contributed by atoms with Crippen LogP contribution in [0.2, 0.25) is 0 Å². The molecule has 110 valence electrons. The molecule has 1 heterocycles. The van der Waals surface area contributed by atoms with Crippen molar-refractivity contribution in [2.24, 2.45) is 5.41 Å². The summed E-state index contributed by atoms with van der Waals surface area (Å²) in [4.78, 5) is 12.3. The van der Waals surface area contributed by atoms with Crippen LogP contribution in [0.15, 0.2) is 34.8 Å². The maximum atomic E-state index is 12.3. The van der Waals surface area contributed by atoms with Gasteiger partial charge >= 0.3 is 0 Å². The number of carbonyl (C=O) groups excluding carboxylic acids is 1. The fourth-order valence-corrected chi connectivity index (χ4v) is 3.46. The average Bonchev–Trinajstić information content (AvgIpc) is 2.69. The van der Waals surface area contributed by atoms with Gasteiger partial charge in [-0.25, -0.2) is 0 Å². The van der Waals surface area contributed by atoms with Crippen molar-refractivity contribution in [2.45, 2.75) is 40.2 Å². The number of benzene rings is 1. The maximum absolute atomic E-state index is 12.3. The van der Waals surface area contributed by atoms with E-state index in [2.05, 4.69) is 71.6 Å². The van der Waals surface area contributed by atoms with Gasteiger partial charge in [-0.15, -0.1) is 0 Å². The third-order valence-electron chi connectivity index (χ3n) is 4.26. The van der Waals surface area contributed by atoms with Crippen molar-refractivity contribution in [1.82, 2.24) is 4.57 Å². The van der Waals surface area contributed by atoms with E-state index in [0.29, 0.717) is 12.2 Å². The first-order valence-corrected chi connectivity index (χ1v) is 8.12. The van der Waals surface area contributed by atoms with Gasteiger partial charge in [0.1, 0.15) is 0 Å². The number of ketones is 1. The summed E-state index contributed by atoms with van der Waals surface area (Å²) in [5.74, 6) is 0.291. The van der Waals surface area contributed by atoms with Crippen molar-refractivity contribution in [2.75, 3.05) is 0 Å². The minimum atomic E-state index is 0.0618. The Hall–Kier alpha value is -1.35. The molecule has 0 atom stereocenters. The molecule has 1 aliphatic rings. The molecule has 0 N–H and O–H groups in total. The summed E-state index contributed by atoms with van der Waals surface area (Å²) in [6.45, 7) is 7.29. The zero-order valence-electron chi connectivity index (χ0n) is 12.7. The summed E-state index contributed by atoms with van der Waals surface area (Å²) in [5.41, 5.74) is 4.64. The lowest BCUT2D eigenvalue weighted by molar-refractivity contribution is 0.0910. The third-order valence-corrected chi connectivity index (χ3v) is 4.78. The molecular formula is C18H20BrNO. The van der Waals surface area contributed by atoms with Gasteiger partial charge in [0.15, 0.2) is 5.78 Å². The molecule has 2 nitrogen and oxygen atoms in total. The van der Waals surface area contributed by atoms with Gasteiger partial charge in [0, 0.05) is 34.4 Å². The van der Waals surface area contributed by atoms with Crippen LogP contribution in [-0.4, -0.2) is 10.4 Å². The van der Waals surface area contributed by atoms with Crippen LogP contribution in [0.4, 0.5) is 0 Å². The molecule has 2 aromatic rings. The third kappa shape index (κ3) is 2.84. The van der Waals surface area contributed by atoms with E-state index in [0.717, 1.165) is 23.0 Å². The number of halogens is 1. The van der Waals surface area contributed by atoms with Crippen LogP contribution in [0.1, 0.15) is 47.6 Å². The van der Waals surface area contributed by atoms with E-state index in [1.54, 1.807) is 0 Å². The SMILES string of the molecule is Cc1cc2c(n1Cc1ccc(Br)cc1)CC(C)(C)CC2=O. The predicted octanol–water partition coefficient (Wildman–Crippen LogP) is 4.76. The van der Waals surface area contributed by atoms with E-state index in [9.17, 15) is 4.79 Å². The highest BCUT2D eigenvalue weighted by Gasteiger charge is 2.33. The predicted molar refractivity (Wildman–Crippen MR) is 88.8 cm³/mol. The van der Waals surface area contributed by atoms with Gasteiger partial charge in [0.05, 0.1) is 0 Å². The molecule has 0 bridgehead atoms. The second-order valence-corrected chi connectivity index (χ2v) is 7.72. The summed E-state index contributed by atoms with van der Waals surface area (Å²) in [6.07, 6.45) is 1.63. The van der Waals surface area contributed by atoms with Gasteiger partial charge in [-0.3, -0.25) is 4.79 Å². The Morgan fingerprint density at radius 3 is 2.52 bits per heavy atom. The molecule has 21 heavy (non-hydrogen) atoms. The molecular weight excluding hydrogens is 326 g/mol. The Balaban J connectivity index is 2.00. The van der Waals surface area contributed by atoms with Gasteiger partial charge in [0.2, 0.25) is 0 Å². The summed E-state index contributed by atoms with van der Waals surface area (Å²) in [7, 11) is 0. The smallest absolute Gasteiger partial charge is 0.165 e. The highest BCUT2D eigenvalue weighted by Crippen LogP contribution is 2.36. The first kappa shape index (κ1) is 14.6. The number of aryl methyl sites for hydroxylation is 1. The van der Waals surface area contributed by atoms with Crippen LogP contribution < -0.4 is 0 Å². The molecule has 3 rings (SSSR count). The van der Waals surface area contributed by atoms with Crippen LogP contribution in [0.25, 0.3) is 0 Å². The van der Waals surface area contributed by atoms with Crippen LogP contribution in [0.3, 0.4) is 0 Å². The Kier molecular flexibility index (Phi) is 3.56. The van der Waals surface area contributed by atoms with Gasteiger partial charge in [0.25, 0.3) is 0 Å². The van der Waals surface area contributed by atoms with Crippen LogP contribution in [0, 0.1) is 12.3 Å². The van der Waals surface area contributed by atoms with Crippen molar-refractivity contribution < 1.29 is 4.79 Å². The quantitative estimate of drug-likeness (QED) is 0.768. The second-order valence-electron chi connectivity index (χ2n) is 6.80. The van der Waals surface area contributed by atoms with Gasteiger partial charge in [-0.05, 0) is 42.5 Å². The summed E-state index contributed by atoms with van der Waals surface area (Å²) in [6, 6.07) is 10.5. The van der Waals surface area contributed by atoms with Gasteiger partial charge in [-0.1, -0.05) is 41.9 Å². The lowest BCUT2D eigenvalue weighted by Gasteiger charge is -2.30. The summed E-state index contributed by atoms with van der Waals surface area (Å²) in [5, 5.41) is 0. The maximum Gasteiger partial charge on any atom is 0.165 e. The molecule has 0 saturated carbocycles. The minimum absolute atomic E-state index is 0.0618. The summed E-state index contributed by atoms with van der Waals surface area (Å²) >= 11 is 3.47. The van der Waals surface area contributed by atoms with Crippen molar-refractivity contribution in [3.05, 3.63) is 57.3 Å². The topological polar surface area (TPSA) is 22.0 Å². The second kappa shape index (κ2) is 5.13. The fraction of sp³-hybridized carbons (Fsp3) is 0.389. The lowest BCUT2D eigenvalue weighted by atomic mass is 9.76. The molecule has 0 spiro atoms. The van der Waals surface area contributed by atoms with Crippen molar-refractivity contribution in [1.29, 1.82) is 0 Å². The minimum Gasteiger partial charge on any atom is -0.344 e. The number of nitrogens with zero attached hydrogens (tertiary/aromatic N) is 1. The van der Waals surface area contributed by atoms with E-state index in [4.69, 9.17) is 0 Å². The summed E-state index contributed by atoms with van der Waals surface area (Å²) < 4.78 is 3.39. The Morgan fingerprint density at radius 1 is 1.19 bits per heavy atom. The molecule has 1 aromatic heterocycles. The Labute approximate surface area is 134 Å². The molecule has 1 aromatic carbocycles. The number of rotatable bonds is 2. The Bertz CT molecular complexity index is 695. The van der Waals surface area contributed by atoms with E-state index in [1.165, 1.54) is 17.0 Å². The molecule has 0 fully saturated rings. The van der Waals surface area contributed by atoms with Crippen molar-refractivity contribution >= 4 is 21.7 Å². The van der Waals surface area contributed by atoms with Gasteiger partial charge < -0.3 is 4.57 Å². The zero-order chi connectivity index (χ0) is 15.2. The van der Waals surface area contributed by atoms with E-state index < -0.39 is 0 Å². The standard InChI is InChI=1S/C18H20BrNO/c1-12-8-15-16(9-18(2,3)10-17(15)21)20(12)11-13-4-6-14(19)7-5-13/h4-8H,9-11H2,1-3H3. The van der Waals surface area contributed by atoms with Crippen LogP contribution in [0.5, 0.6) is 0 Å². The van der Waals surface area contributed by atoms with E-state index in [1.807, 2.05) is 0 Å². The first-order valence-electron chi connectivity index (χ1n) is 7.32. The first-order chi connectivity index (χ1) is 9.85. The number of Topliss-reactive ketones (excluding diaryl/α,β-unsaturated/α-hetero) is 1. The highest BCUT2D eigenvalue weighted by molar-refractivity contribution is 9.10. The van der Waals surface area contributed by atoms with Crippen LogP contribution in [-0.2, 0) is 13.0 Å². The molecule has 0 saturated heterocycles. The number of fused-ring (bicyclic) bond motifs is 1. The number of hydrogen-bond acceptors (Lipinski definition) is 1. The monoisotopic (exact) mass is 345 g/mol. The van der Waals surface area contributed by atoms with Gasteiger partial charge in [-0.2, -0.15) is 0 Å². The Morgan fingerprint density at radius 2 is 1.86 bits per heavy atom. The van der Waals surface area contributed by atoms with E-state index >= 15 is 0 Å². The number of hydrogen-bond donors (Lipinski definition) is 0. The highest BCUT2D eigenvalue weighted by atomic mass is 79.9. The lowest BCUT2D eigenvalue weighted by Crippen LogP contribution is -2.28. The largest absolute Gasteiger partial charge is 0.344 e. The molecule has 0 amide bonds. The average molecular weight is 346 g/mol. The fourth-order valence-electron chi connectivity index (χ4n) is 3.20. The molecule has 0 radical (unpaired) electrons. The van der Waals surface area contributed by atoms with E-state index in [-0.39, 0.29) is 5.41 Å². The molecule has 0 unspecified atom stereocenters. The number of aromatic nitrogens is 1. The molecule has 1 aliphatic carbocycles. The molecule has 0 aliphatic heterocycles. The number of carbonyl (C=O) groups is 1. The normalized spacial score (nSPS) is 16.9. The zero-order valence-corrected chi connectivity index (χ0v) is 14.3. The van der Waals surface area contributed by atoms with Crippen molar-refractivity contribution in [3.8, 4) is 0 Å². The van der Waals surface area contributed by atoms with Crippen molar-refractivity contribution in [3.63, 3.8) is 0 Å². The molecule has 3 heteroatoms.